The zero-order valence-electron chi connectivity index (χ0n) is 10.9. The highest BCUT2D eigenvalue weighted by atomic mass is 16.5. The van der Waals surface area contributed by atoms with Gasteiger partial charge in [0.25, 0.3) is 0 Å². The van der Waals surface area contributed by atoms with Crippen LogP contribution in [0.25, 0.3) is 11.4 Å². The van der Waals surface area contributed by atoms with Gasteiger partial charge in [0.1, 0.15) is 5.82 Å². The van der Waals surface area contributed by atoms with E-state index in [2.05, 4.69) is 46.9 Å². The van der Waals surface area contributed by atoms with Crippen LogP contribution in [0.1, 0.15) is 24.2 Å². The summed E-state index contributed by atoms with van der Waals surface area (Å²) < 4.78 is 7.53. The molecule has 0 N–H and O–H groups in total. The number of hydrogen-bond donors (Lipinski definition) is 0. The lowest BCUT2D eigenvalue weighted by atomic mass is 10.1. The minimum atomic E-state index is 0.451. The van der Waals surface area contributed by atoms with Crippen molar-refractivity contribution in [1.82, 2.24) is 9.55 Å². The van der Waals surface area contributed by atoms with Crippen molar-refractivity contribution in [3.8, 4) is 11.4 Å². The van der Waals surface area contributed by atoms with Crippen molar-refractivity contribution in [2.45, 2.75) is 26.3 Å². The van der Waals surface area contributed by atoms with Crippen LogP contribution < -0.4 is 0 Å². The van der Waals surface area contributed by atoms with Gasteiger partial charge in [-0.15, -0.1) is 0 Å². The molecule has 0 atom stereocenters. The second kappa shape index (κ2) is 4.58. The van der Waals surface area contributed by atoms with E-state index in [-0.39, 0.29) is 0 Å². The Morgan fingerprint density at radius 3 is 2.56 bits per heavy atom. The Bertz CT molecular complexity index is 538. The van der Waals surface area contributed by atoms with E-state index in [1.807, 2.05) is 6.92 Å². The van der Waals surface area contributed by atoms with Crippen LogP contribution in [-0.4, -0.2) is 22.8 Å². The second-order valence-electron chi connectivity index (χ2n) is 4.85. The SMILES string of the molecule is CCc1ccc(-c2nc(C)cn2C2COC2)cc1. The molecule has 3 rings (SSSR count). The van der Waals surface area contributed by atoms with Gasteiger partial charge in [0.05, 0.1) is 24.9 Å². The van der Waals surface area contributed by atoms with Gasteiger partial charge in [0, 0.05) is 11.8 Å². The van der Waals surface area contributed by atoms with Crippen LogP contribution in [0.4, 0.5) is 0 Å². The fraction of sp³-hybridized carbons (Fsp3) is 0.400. The summed E-state index contributed by atoms with van der Waals surface area (Å²) in [5.74, 6) is 1.06. The van der Waals surface area contributed by atoms with Crippen LogP contribution in [0.15, 0.2) is 30.5 Å². The van der Waals surface area contributed by atoms with Crippen molar-refractivity contribution >= 4 is 0 Å². The number of hydrogen-bond acceptors (Lipinski definition) is 2. The molecular weight excluding hydrogens is 224 g/mol. The maximum absolute atomic E-state index is 5.28. The Balaban J connectivity index is 1.98. The van der Waals surface area contributed by atoms with E-state index in [1.165, 1.54) is 11.1 Å². The smallest absolute Gasteiger partial charge is 0.140 e. The molecule has 1 aliphatic rings. The van der Waals surface area contributed by atoms with Gasteiger partial charge in [-0.05, 0) is 18.9 Å². The summed E-state index contributed by atoms with van der Waals surface area (Å²) in [4.78, 5) is 4.65. The van der Waals surface area contributed by atoms with Crippen molar-refractivity contribution < 1.29 is 4.74 Å². The van der Waals surface area contributed by atoms with Crippen LogP contribution >= 0.6 is 0 Å². The molecule has 1 aliphatic heterocycles. The molecule has 0 amide bonds. The Hall–Kier alpha value is -1.61. The van der Waals surface area contributed by atoms with Gasteiger partial charge < -0.3 is 9.30 Å². The average molecular weight is 242 g/mol. The summed E-state index contributed by atoms with van der Waals surface area (Å²) in [6.45, 7) is 5.82. The molecule has 0 radical (unpaired) electrons. The number of aryl methyl sites for hydroxylation is 2. The molecule has 1 saturated heterocycles. The van der Waals surface area contributed by atoms with E-state index in [0.717, 1.165) is 31.2 Å². The molecule has 1 aromatic heterocycles. The summed E-state index contributed by atoms with van der Waals surface area (Å²) >= 11 is 0. The number of nitrogens with zero attached hydrogens (tertiary/aromatic N) is 2. The Morgan fingerprint density at radius 1 is 1.28 bits per heavy atom. The minimum Gasteiger partial charge on any atom is -0.377 e. The van der Waals surface area contributed by atoms with E-state index in [1.54, 1.807) is 0 Å². The van der Waals surface area contributed by atoms with Gasteiger partial charge >= 0.3 is 0 Å². The third-order valence-corrected chi connectivity index (χ3v) is 3.49. The van der Waals surface area contributed by atoms with Gasteiger partial charge in [0.15, 0.2) is 0 Å². The molecule has 3 nitrogen and oxygen atoms in total. The normalized spacial score (nSPS) is 15.7. The molecule has 1 fully saturated rings. The van der Waals surface area contributed by atoms with Crippen LogP contribution in [0.3, 0.4) is 0 Å². The molecule has 3 heteroatoms. The minimum absolute atomic E-state index is 0.451. The second-order valence-corrected chi connectivity index (χ2v) is 4.85. The lowest BCUT2D eigenvalue weighted by Gasteiger charge is -2.28. The number of rotatable bonds is 3. The third kappa shape index (κ3) is 1.95. The molecule has 0 spiro atoms. The standard InChI is InChI=1S/C15H18N2O/c1-3-12-4-6-13(7-5-12)15-16-11(2)8-17(15)14-9-18-10-14/h4-8,14H,3,9-10H2,1-2H3. The summed E-state index contributed by atoms with van der Waals surface area (Å²) in [6, 6.07) is 9.14. The molecule has 0 unspecified atom stereocenters. The molecule has 18 heavy (non-hydrogen) atoms. The average Bonchev–Trinajstić information content (AvgIpc) is 2.69. The van der Waals surface area contributed by atoms with E-state index in [9.17, 15) is 0 Å². The first-order valence-corrected chi connectivity index (χ1v) is 6.50. The Morgan fingerprint density at radius 2 is 2.00 bits per heavy atom. The number of imidazole rings is 1. The topological polar surface area (TPSA) is 27.1 Å². The number of aromatic nitrogens is 2. The third-order valence-electron chi connectivity index (χ3n) is 3.49. The molecular formula is C15H18N2O. The first-order valence-electron chi connectivity index (χ1n) is 6.50. The monoisotopic (exact) mass is 242 g/mol. The van der Waals surface area contributed by atoms with Gasteiger partial charge in [-0.25, -0.2) is 4.98 Å². The maximum Gasteiger partial charge on any atom is 0.140 e. The summed E-state index contributed by atoms with van der Waals surface area (Å²) in [7, 11) is 0. The van der Waals surface area contributed by atoms with Crippen LogP contribution in [0, 0.1) is 6.92 Å². The molecule has 1 aromatic carbocycles. The molecule has 0 aliphatic carbocycles. The predicted molar refractivity (Wildman–Crippen MR) is 71.6 cm³/mol. The van der Waals surface area contributed by atoms with Gasteiger partial charge in [0.2, 0.25) is 0 Å². The summed E-state index contributed by atoms with van der Waals surface area (Å²) in [5.41, 5.74) is 3.62. The van der Waals surface area contributed by atoms with E-state index in [0.29, 0.717) is 6.04 Å². The molecule has 94 valence electrons. The van der Waals surface area contributed by atoms with Gasteiger partial charge in [-0.3, -0.25) is 0 Å². The molecule has 0 bridgehead atoms. The van der Waals surface area contributed by atoms with Crippen LogP contribution in [0.2, 0.25) is 0 Å². The van der Waals surface area contributed by atoms with Crippen molar-refractivity contribution in [2.24, 2.45) is 0 Å². The van der Waals surface area contributed by atoms with Crippen LogP contribution in [0.5, 0.6) is 0 Å². The lowest BCUT2D eigenvalue weighted by molar-refractivity contribution is -0.0226. The summed E-state index contributed by atoms with van der Waals surface area (Å²) in [5, 5.41) is 0. The fourth-order valence-corrected chi connectivity index (χ4v) is 2.28. The first kappa shape index (κ1) is 11.5. The quantitative estimate of drug-likeness (QED) is 0.827. The molecule has 2 heterocycles. The van der Waals surface area contributed by atoms with Crippen molar-refractivity contribution in [2.75, 3.05) is 13.2 Å². The van der Waals surface area contributed by atoms with Crippen LogP contribution in [-0.2, 0) is 11.2 Å². The maximum atomic E-state index is 5.28. The number of ether oxygens (including phenoxy) is 1. The molecule has 2 aromatic rings. The summed E-state index contributed by atoms with van der Waals surface area (Å²) in [6.07, 6.45) is 3.19. The molecule has 0 saturated carbocycles. The largest absolute Gasteiger partial charge is 0.377 e. The highest BCUT2D eigenvalue weighted by Gasteiger charge is 2.23. The zero-order valence-corrected chi connectivity index (χ0v) is 10.9. The van der Waals surface area contributed by atoms with Crippen molar-refractivity contribution in [3.63, 3.8) is 0 Å². The Kier molecular flexibility index (Phi) is 2.92. The highest BCUT2D eigenvalue weighted by Crippen LogP contribution is 2.26. The zero-order chi connectivity index (χ0) is 12.5. The predicted octanol–water partition coefficient (Wildman–Crippen LogP) is 2.99. The first-order chi connectivity index (χ1) is 8.78. The van der Waals surface area contributed by atoms with Crippen molar-refractivity contribution in [3.05, 3.63) is 41.7 Å². The highest BCUT2D eigenvalue weighted by molar-refractivity contribution is 5.57. The van der Waals surface area contributed by atoms with E-state index < -0.39 is 0 Å². The fourth-order valence-electron chi connectivity index (χ4n) is 2.28. The van der Waals surface area contributed by atoms with Gasteiger partial charge in [-0.1, -0.05) is 31.2 Å². The van der Waals surface area contributed by atoms with E-state index in [4.69, 9.17) is 4.74 Å². The number of benzene rings is 1. The van der Waals surface area contributed by atoms with Crippen molar-refractivity contribution in [1.29, 1.82) is 0 Å². The van der Waals surface area contributed by atoms with Gasteiger partial charge in [-0.2, -0.15) is 0 Å². The lowest BCUT2D eigenvalue weighted by Crippen LogP contribution is -2.30. The Labute approximate surface area is 107 Å². The van der Waals surface area contributed by atoms with E-state index >= 15 is 0 Å².